The van der Waals surface area contributed by atoms with Crippen molar-refractivity contribution in [3.8, 4) is 0 Å². The molecule has 0 saturated heterocycles. The number of halogens is 2. The molecule has 1 heterocycles. The Morgan fingerprint density at radius 1 is 1.29 bits per heavy atom. The normalized spacial score (nSPS) is 12.6. The minimum atomic E-state index is -0.470. The molecule has 4 heteroatoms. The van der Waals surface area contributed by atoms with Gasteiger partial charge in [-0.25, -0.2) is 4.39 Å². The summed E-state index contributed by atoms with van der Waals surface area (Å²) in [5.41, 5.74) is 0.827. The van der Waals surface area contributed by atoms with Crippen molar-refractivity contribution in [1.82, 2.24) is 0 Å². The molecule has 1 aromatic heterocycles. The van der Waals surface area contributed by atoms with Gasteiger partial charge in [-0.15, -0.1) is 11.3 Å². The molecule has 0 bridgehead atoms. The average molecular weight is 315 g/mol. The fraction of sp³-hybridized carbons (Fsp3) is 0.231. The Kier molecular flexibility index (Phi) is 4.31. The molecular formula is C13H12BrFOS. The van der Waals surface area contributed by atoms with Gasteiger partial charge in [0.05, 0.1) is 6.10 Å². The van der Waals surface area contributed by atoms with Crippen LogP contribution in [0, 0.1) is 5.82 Å². The van der Waals surface area contributed by atoms with E-state index >= 15 is 0 Å². The lowest BCUT2D eigenvalue weighted by Gasteiger charge is -2.09. The topological polar surface area (TPSA) is 20.2 Å². The highest BCUT2D eigenvalue weighted by atomic mass is 79.9. The highest BCUT2D eigenvalue weighted by Crippen LogP contribution is 2.21. The van der Waals surface area contributed by atoms with E-state index in [2.05, 4.69) is 15.9 Å². The summed E-state index contributed by atoms with van der Waals surface area (Å²) in [5, 5.41) is 11.9. The predicted molar refractivity (Wildman–Crippen MR) is 71.8 cm³/mol. The second kappa shape index (κ2) is 5.76. The number of hydrogen-bond acceptors (Lipinski definition) is 2. The fourth-order valence-corrected chi connectivity index (χ4v) is 3.23. The van der Waals surface area contributed by atoms with Gasteiger partial charge in [-0.2, -0.15) is 0 Å². The van der Waals surface area contributed by atoms with E-state index in [1.807, 2.05) is 17.5 Å². The van der Waals surface area contributed by atoms with E-state index in [4.69, 9.17) is 0 Å². The van der Waals surface area contributed by atoms with E-state index in [1.54, 1.807) is 17.4 Å². The Morgan fingerprint density at radius 3 is 2.76 bits per heavy atom. The second-order valence-electron chi connectivity index (χ2n) is 3.92. The van der Waals surface area contributed by atoms with Crippen LogP contribution in [0.15, 0.2) is 40.2 Å². The van der Waals surface area contributed by atoms with E-state index < -0.39 is 6.10 Å². The Balaban J connectivity index is 1.95. The van der Waals surface area contributed by atoms with Crippen molar-refractivity contribution in [2.75, 3.05) is 0 Å². The maximum Gasteiger partial charge on any atom is 0.123 e. The van der Waals surface area contributed by atoms with Gasteiger partial charge in [-0.05, 0) is 46.1 Å². The number of thiophene rings is 1. The minimum absolute atomic E-state index is 0.256. The summed E-state index contributed by atoms with van der Waals surface area (Å²) in [7, 11) is 0. The van der Waals surface area contributed by atoms with Gasteiger partial charge in [-0.1, -0.05) is 12.1 Å². The molecule has 0 aliphatic carbocycles. The maximum atomic E-state index is 13.0. The van der Waals surface area contributed by atoms with Crippen LogP contribution in [0.2, 0.25) is 0 Å². The summed E-state index contributed by atoms with van der Waals surface area (Å²) >= 11 is 4.99. The van der Waals surface area contributed by atoms with Gasteiger partial charge in [0, 0.05) is 21.2 Å². The highest BCUT2D eigenvalue weighted by Gasteiger charge is 2.09. The summed E-state index contributed by atoms with van der Waals surface area (Å²) in [4.78, 5) is 1.13. The third-order valence-electron chi connectivity index (χ3n) is 2.42. The molecule has 90 valence electrons. The Labute approximate surface area is 112 Å². The van der Waals surface area contributed by atoms with Crippen LogP contribution in [0.1, 0.15) is 10.4 Å². The van der Waals surface area contributed by atoms with Gasteiger partial charge in [-0.3, -0.25) is 0 Å². The first-order valence-corrected chi connectivity index (χ1v) is 6.96. The predicted octanol–water partition coefficient (Wildman–Crippen LogP) is 3.80. The van der Waals surface area contributed by atoms with Gasteiger partial charge in [0.15, 0.2) is 0 Å². The molecule has 1 nitrogen and oxygen atoms in total. The van der Waals surface area contributed by atoms with Crippen molar-refractivity contribution in [3.05, 3.63) is 56.4 Å². The van der Waals surface area contributed by atoms with Crippen LogP contribution < -0.4 is 0 Å². The van der Waals surface area contributed by atoms with Crippen molar-refractivity contribution in [2.24, 2.45) is 0 Å². The van der Waals surface area contributed by atoms with Gasteiger partial charge >= 0.3 is 0 Å². The molecule has 1 aromatic carbocycles. The maximum absolute atomic E-state index is 13.0. The van der Waals surface area contributed by atoms with Crippen molar-refractivity contribution >= 4 is 27.3 Å². The van der Waals surface area contributed by atoms with E-state index in [9.17, 15) is 9.50 Å². The molecular weight excluding hydrogens is 303 g/mol. The Bertz CT molecular complexity index is 498. The molecule has 0 spiro atoms. The van der Waals surface area contributed by atoms with Crippen LogP contribution in [0.4, 0.5) is 4.39 Å². The molecule has 1 N–H and O–H groups in total. The van der Waals surface area contributed by atoms with Gasteiger partial charge < -0.3 is 5.11 Å². The van der Waals surface area contributed by atoms with Gasteiger partial charge in [0.2, 0.25) is 0 Å². The fourth-order valence-electron chi connectivity index (χ4n) is 1.70. The molecule has 1 unspecified atom stereocenters. The summed E-state index contributed by atoms with van der Waals surface area (Å²) in [5.74, 6) is -0.256. The number of rotatable bonds is 4. The smallest absolute Gasteiger partial charge is 0.123 e. The van der Waals surface area contributed by atoms with Crippen LogP contribution in [-0.4, -0.2) is 11.2 Å². The zero-order valence-electron chi connectivity index (χ0n) is 9.07. The second-order valence-corrected chi connectivity index (χ2v) is 5.83. The lowest BCUT2D eigenvalue weighted by atomic mass is 10.1. The molecule has 0 aliphatic heterocycles. The third kappa shape index (κ3) is 3.91. The zero-order chi connectivity index (χ0) is 12.3. The molecule has 0 amide bonds. The molecule has 1 atom stereocenters. The highest BCUT2D eigenvalue weighted by molar-refractivity contribution is 9.10. The van der Waals surface area contributed by atoms with Crippen LogP contribution in [0.3, 0.4) is 0 Å². The van der Waals surface area contributed by atoms with Crippen molar-refractivity contribution in [1.29, 1.82) is 0 Å². The van der Waals surface area contributed by atoms with Crippen LogP contribution in [0.25, 0.3) is 0 Å². The monoisotopic (exact) mass is 314 g/mol. The number of aliphatic hydroxyl groups is 1. The lowest BCUT2D eigenvalue weighted by Crippen LogP contribution is -2.13. The van der Waals surface area contributed by atoms with Crippen molar-refractivity contribution < 1.29 is 9.50 Å². The summed E-state index contributed by atoms with van der Waals surface area (Å²) < 4.78 is 14.0. The van der Waals surface area contributed by atoms with Crippen LogP contribution in [0.5, 0.6) is 0 Å². The van der Waals surface area contributed by atoms with Crippen LogP contribution >= 0.6 is 27.3 Å². The minimum Gasteiger partial charge on any atom is -0.392 e. The van der Waals surface area contributed by atoms with Gasteiger partial charge in [0.25, 0.3) is 0 Å². The molecule has 2 aromatic rings. The first kappa shape index (κ1) is 12.7. The molecule has 0 saturated carbocycles. The van der Waals surface area contributed by atoms with Crippen molar-refractivity contribution in [3.63, 3.8) is 0 Å². The van der Waals surface area contributed by atoms with Crippen molar-refractivity contribution in [2.45, 2.75) is 18.9 Å². The summed E-state index contributed by atoms with van der Waals surface area (Å²) in [6.07, 6.45) is 0.613. The number of aliphatic hydroxyl groups excluding tert-OH is 1. The van der Waals surface area contributed by atoms with Gasteiger partial charge in [0.1, 0.15) is 5.82 Å². The molecule has 17 heavy (non-hydrogen) atoms. The summed E-state index contributed by atoms with van der Waals surface area (Å²) in [6, 6.07) is 8.37. The van der Waals surface area contributed by atoms with E-state index in [-0.39, 0.29) is 5.82 Å². The lowest BCUT2D eigenvalue weighted by molar-refractivity contribution is 0.176. The average Bonchev–Trinajstić information content (AvgIpc) is 2.63. The zero-order valence-corrected chi connectivity index (χ0v) is 11.5. The third-order valence-corrected chi connectivity index (χ3v) is 4.14. The quantitative estimate of drug-likeness (QED) is 0.910. The SMILES string of the molecule is OC(Cc1cccc(F)c1)Cc1cc(Br)cs1. The standard InChI is InChI=1S/C13H12BrFOS/c14-10-6-13(17-8-10)7-12(16)5-9-2-1-3-11(15)4-9/h1-4,6,8,12,16H,5,7H2. The number of benzene rings is 1. The molecule has 0 fully saturated rings. The first-order chi connectivity index (χ1) is 8.13. The molecule has 2 rings (SSSR count). The Morgan fingerprint density at radius 2 is 2.12 bits per heavy atom. The largest absolute Gasteiger partial charge is 0.392 e. The van der Waals surface area contributed by atoms with E-state index in [0.29, 0.717) is 12.8 Å². The van der Waals surface area contributed by atoms with E-state index in [1.165, 1.54) is 12.1 Å². The Hall–Kier alpha value is -0.710. The molecule has 0 aliphatic rings. The molecule has 0 radical (unpaired) electrons. The number of hydrogen-bond donors (Lipinski definition) is 1. The summed E-state index contributed by atoms with van der Waals surface area (Å²) in [6.45, 7) is 0. The van der Waals surface area contributed by atoms with Crippen LogP contribution in [-0.2, 0) is 12.8 Å². The first-order valence-electron chi connectivity index (χ1n) is 5.29. The van der Waals surface area contributed by atoms with E-state index in [0.717, 1.165) is 14.9 Å².